The number of benzene rings is 3. The molecule has 1 aromatic heterocycles. The van der Waals surface area contributed by atoms with Crippen LogP contribution in [0.3, 0.4) is 0 Å². The molecular weight excluding hydrogens is 380 g/mol. The molecule has 0 amide bonds. The lowest BCUT2D eigenvalue weighted by Crippen LogP contribution is -2.50. The second kappa shape index (κ2) is 6.11. The Morgan fingerprint density at radius 2 is 1.62 bits per heavy atom. The van der Waals surface area contributed by atoms with Crippen LogP contribution in [0.4, 0.5) is 23.2 Å². The van der Waals surface area contributed by atoms with Crippen LogP contribution < -0.4 is 5.32 Å². The Labute approximate surface area is 164 Å². The molecule has 2 heterocycles. The molecule has 6 heteroatoms. The van der Waals surface area contributed by atoms with E-state index in [1.165, 1.54) is 12.1 Å². The van der Waals surface area contributed by atoms with Crippen molar-refractivity contribution in [2.24, 2.45) is 0 Å². The molecule has 0 fully saturated rings. The first-order valence-corrected chi connectivity index (χ1v) is 9.19. The largest absolute Gasteiger partial charge is 0.420 e. The van der Waals surface area contributed by atoms with Crippen molar-refractivity contribution < 1.29 is 17.6 Å². The van der Waals surface area contributed by atoms with Gasteiger partial charge in [-0.3, -0.25) is 0 Å². The van der Waals surface area contributed by atoms with E-state index in [0.717, 1.165) is 17.7 Å². The van der Waals surface area contributed by atoms with Crippen molar-refractivity contribution in [1.29, 1.82) is 0 Å². The average molecular weight is 396 g/mol. The van der Waals surface area contributed by atoms with Crippen molar-refractivity contribution in [3.8, 4) is 0 Å². The zero-order valence-electron chi connectivity index (χ0n) is 15.1. The van der Waals surface area contributed by atoms with Crippen LogP contribution >= 0.6 is 0 Å². The van der Waals surface area contributed by atoms with E-state index in [4.69, 9.17) is 0 Å². The zero-order valence-corrected chi connectivity index (χ0v) is 15.1. The number of nitrogens with one attached hydrogen (secondary N) is 2. The quantitative estimate of drug-likeness (QED) is 0.372. The molecule has 0 radical (unpaired) electrons. The first kappa shape index (κ1) is 17.8. The van der Waals surface area contributed by atoms with Gasteiger partial charge in [0.25, 0.3) is 0 Å². The molecule has 2 nitrogen and oxygen atoms in total. The Bertz CT molecular complexity index is 1230. The maximum absolute atomic E-state index is 15.0. The fourth-order valence-electron chi connectivity index (χ4n) is 4.32. The summed E-state index contributed by atoms with van der Waals surface area (Å²) in [5, 5.41) is 3.24. The summed E-state index contributed by atoms with van der Waals surface area (Å²) in [6.07, 6.45) is -4.43. The number of hydrogen-bond donors (Lipinski definition) is 2. The van der Waals surface area contributed by atoms with Gasteiger partial charge in [-0.1, -0.05) is 48.5 Å². The third kappa shape index (κ3) is 2.55. The van der Waals surface area contributed by atoms with E-state index in [9.17, 15) is 17.6 Å². The highest BCUT2D eigenvalue weighted by molar-refractivity contribution is 5.88. The van der Waals surface area contributed by atoms with Gasteiger partial charge in [0.15, 0.2) is 5.54 Å². The van der Waals surface area contributed by atoms with Gasteiger partial charge in [-0.15, -0.1) is 0 Å². The summed E-state index contributed by atoms with van der Waals surface area (Å²) < 4.78 is 59.0. The molecule has 0 bridgehead atoms. The van der Waals surface area contributed by atoms with Crippen molar-refractivity contribution in [3.05, 3.63) is 101 Å². The Morgan fingerprint density at radius 1 is 0.862 bits per heavy atom. The molecule has 5 rings (SSSR count). The smallest absolute Gasteiger partial charge is 0.364 e. The van der Waals surface area contributed by atoms with E-state index in [-0.39, 0.29) is 11.1 Å². The fraction of sp³-hybridized carbons (Fsp3) is 0.130. The summed E-state index contributed by atoms with van der Waals surface area (Å²) in [5.74, 6) is -0.716. The van der Waals surface area contributed by atoms with Crippen LogP contribution in [0.2, 0.25) is 0 Å². The highest BCUT2D eigenvalue weighted by atomic mass is 19.4. The highest BCUT2D eigenvalue weighted by Gasteiger charge is 2.60. The number of halogens is 4. The summed E-state index contributed by atoms with van der Waals surface area (Å²) in [7, 11) is 0. The SMILES string of the molecule is Fc1cccc([C@]2(C(F)(F)F)Nc3ccccc3Cc3[nH]c4ccccc4c32)c1. The molecule has 0 saturated carbocycles. The number of aromatic nitrogens is 1. The van der Waals surface area contributed by atoms with Crippen LogP contribution in [0.25, 0.3) is 10.9 Å². The molecule has 0 spiro atoms. The summed E-state index contributed by atoms with van der Waals surface area (Å²) in [6, 6.07) is 18.6. The predicted octanol–water partition coefficient (Wildman–Crippen LogP) is 6.13. The van der Waals surface area contributed by atoms with E-state index in [0.29, 0.717) is 28.7 Å². The molecule has 0 aliphatic carbocycles. The molecule has 29 heavy (non-hydrogen) atoms. The van der Waals surface area contributed by atoms with Crippen molar-refractivity contribution >= 4 is 16.6 Å². The Balaban J connectivity index is 1.95. The third-order valence-electron chi connectivity index (χ3n) is 5.55. The number of aromatic amines is 1. The van der Waals surface area contributed by atoms with Crippen LogP contribution in [0.5, 0.6) is 0 Å². The summed E-state index contributed by atoms with van der Waals surface area (Å²) in [6.45, 7) is 0. The van der Waals surface area contributed by atoms with Gasteiger partial charge in [0.1, 0.15) is 5.82 Å². The van der Waals surface area contributed by atoms with Gasteiger partial charge >= 0.3 is 6.18 Å². The topological polar surface area (TPSA) is 27.8 Å². The normalized spacial score (nSPS) is 18.6. The predicted molar refractivity (Wildman–Crippen MR) is 104 cm³/mol. The van der Waals surface area contributed by atoms with Gasteiger partial charge in [0.05, 0.1) is 0 Å². The Morgan fingerprint density at radius 3 is 2.41 bits per heavy atom. The Kier molecular flexibility index (Phi) is 3.75. The second-order valence-electron chi connectivity index (χ2n) is 7.24. The standard InChI is InChI=1S/C23H16F4N2/c24-16-8-5-7-15(13-16)22(23(25,26)27)21-17-9-2-4-11-19(17)28-20(21)12-14-6-1-3-10-18(14)29-22/h1-11,13,28-29H,12H2/t22-/m0/s1. The minimum Gasteiger partial charge on any atom is -0.364 e. The molecule has 0 saturated heterocycles. The Hall–Kier alpha value is -3.28. The molecule has 1 aliphatic rings. The van der Waals surface area contributed by atoms with Gasteiger partial charge in [0.2, 0.25) is 0 Å². The van der Waals surface area contributed by atoms with Gasteiger partial charge in [-0.05, 0) is 35.4 Å². The number of anilines is 1. The van der Waals surface area contributed by atoms with E-state index in [2.05, 4.69) is 10.3 Å². The third-order valence-corrected chi connectivity index (χ3v) is 5.55. The lowest BCUT2D eigenvalue weighted by molar-refractivity contribution is -0.169. The van der Waals surface area contributed by atoms with Crippen molar-refractivity contribution in [3.63, 3.8) is 0 Å². The van der Waals surface area contributed by atoms with Gasteiger partial charge < -0.3 is 10.3 Å². The number of H-pyrrole nitrogens is 1. The van der Waals surface area contributed by atoms with Crippen LogP contribution in [-0.2, 0) is 12.0 Å². The number of fused-ring (bicyclic) bond motifs is 4. The maximum atomic E-state index is 15.0. The summed E-state index contributed by atoms with van der Waals surface area (Å²) >= 11 is 0. The van der Waals surface area contributed by atoms with Gasteiger partial charge in [-0.2, -0.15) is 13.2 Å². The van der Waals surface area contributed by atoms with Crippen LogP contribution in [0, 0.1) is 5.82 Å². The second-order valence-corrected chi connectivity index (χ2v) is 7.24. The van der Waals surface area contributed by atoms with Crippen LogP contribution in [0.15, 0.2) is 72.8 Å². The molecule has 1 atom stereocenters. The molecule has 2 N–H and O–H groups in total. The van der Waals surface area contributed by atoms with Gasteiger partial charge in [0, 0.05) is 34.3 Å². The molecule has 3 aromatic carbocycles. The molecular formula is C23H16F4N2. The van der Waals surface area contributed by atoms with Gasteiger partial charge in [-0.25, -0.2) is 4.39 Å². The van der Waals surface area contributed by atoms with Crippen LogP contribution in [0.1, 0.15) is 22.4 Å². The molecule has 146 valence electrons. The molecule has 1 aliphatic heterocycles. The van der Waals surface area contributed by atoms with Crippen molar-refractivity contribution in [2.45, 2.75) is 18.1 Å². The lowest BCUT2D eigenvalue weighted by atomic mass is 9.80. The van der Waals surface area contributed by atoms with E-state index in [1.807, 2.05) is 0 Å². The monoisotopic (exact) mass is 396 g/mol. The fourth-order valence-corrected chi connectivity index (χ4v) is 4.32. The minimum atomic E-state index is -4.74. The number of hydrogen-bond acceptors (Lipinski definition) is 1. The maximum Gasteiger partial charge on any atom is 0.420 e. The first-order chi connectivity index (χ1) is 13.9. The number of alkyl halides is 3. The zero-order chi connectivity index (χ0) is 20.2. The summed E-state index contributed by atoms with van der Waals surface area (Å²) in [4.78, 5) is 3.17. The minimum absolute atomic E-state index is 0.0856. The summed E-state index contributed by atoms with van der Waals surface area (Å²) in [5.41, 5.74) is -0.508. The molecule has 0 unspecified atom stereocenters. The lowest BCUT2D eigenvalue weighted by Gasteiger charge is -2.38. The number of rotatable bonds is 1. The molecule has 4 aromatic rings. The highest BCUT2D eigenvalue weighted by Crippen LogP contribution is 2.52. The first-order valence-electron chi connectivity index (χ1n) is 9.19. The van der Waals surface area contributed by atoms with E-state index in [1.54, 1.807) is 48.5 Å². The van der Waals surface area contributed by atoms with Crippen LogP contribution in [-0.4, -0.2) is 11.2 Å². The number of para-hydroxylation sites is 2. The van der Waals surface area contributed by atoms with Crippen molar-refractivity contribution in [1.82, 2.24) is 4.98 Å². The van der Waals surface area contributed by atoms with E-state index >= 15 is 0 Å². The average Bonchev–Trinajstić information content (AvgIpc) is 2.96. The van der Waals surface area contributed by atoms with Crippen molar-refractivity contribution in [2.75, 3.05) is 5.32 Å². The van der Waals surface area contributed by atoms with E-state index < -0.39 is 17.5 Å².